The molecule has 2 aromatic carbocycles. The number of amides is 1. The van der Waals surface area contributed by atoms with E-state index in [0.29, 0.717) is 17.0 Å². The largest absolute Gasteiger partial charge is 0.452 e. The first-order valence-corrected chi connectivity index (χ1v) is 8.34. The number of hydrogen-bond acceptors (Lipinski definition) is 6. The quantitative estimate of drug-likeness (QED) is 0.645. The van der Waals surface area contributed by atoms with Crippen molar-refractivity contribution in [1.29, 1.82) is 0 Å². The van der Waals surface area contributed by atoms with Gasteiger partial charge >= 0.3 is 5.97 Å². The molecule has 0 spiro atoms. The number of carbonyl (C=O) groups is 2. The molecule has 0 saturated carbocycles. The monoisotopic (exact) mass is 365 g/mol. The highest BCUT2D eigenvalue weighted by Gasteiger charge is 2.15. The van der Waals surface area contributed by atoms with Gasteiger partial charge in [0.15, 0.2) is 12.4 Å². The number of benzene rings is 2. The third kappa shape index (κ3) is 4.94. The van der Waals surface area contributed by atoms with Crippen LogP contribution in [-0.4, -0.2) is 23.6 Å². The molecule has 138 valence electrons. The van der Waals surface area contributed by atoms with E-state index in [0.717, 1.165) is 11.3 Å². The van der Waals surface area contributed by atoms with Gasteiger partial charge in [-0.3, -0.25) is 4.79 Å². The fourth-order valence-electron chi connectivity index (χ4n) is 2.38. The minimum atomic E-state index is -0.600. The van der Waals surface area contributed by atoms with Crippen LogP contribution in [0.5, 0.6) is 0 Å². The van der Waals surface area contributed by atoms with Crippen LogP contribution in [0.15, 0.2) is 59.1 Å². The molecule has 7 heteroatoms. The van der Waals surface area contributed by atoms with E-state index < -0.39 is 18.5 Å². The van der Waals surface area contributed by atoms with Crippen LogP contribution < -0.4 is 10.6 Å². The van der Waals surface area contributed by atoms with Gasteiger partial charge in [0.2, 0.25) is 0 Å². The number of carbonyl (C=O) groups excluding carboxylic acids is 2. The van der Waals surface area contributed by atoms with Gasteiger partial charge in [-0.25, -0.2) is 4.79 Å². The molecule has 0 unspecified atom stereocenters. The number of anilines is 3. The van der Waals surface area contributed by atoms with E-state index in [4.69, 9.17) is 9.26 Å². The number of rotatable bonds is 6. The van der Waals surface area contributed by atoms with Crippen molar-refractivity contribution >= 4 is 29.1 Å². The molecule has 0 radical (unpaired) electrons. The minimum absolute atomic E-state index is 0.273. The van der Waals surface area contributed by atoms with E-state index in [9.17, 15) is 9.59 Å². The van der Waals surface area contributed by atoms with E-state index in [-0.39, 0.29) is 5.82 Å². The van der Waals surface area contributed by atoms with Crippen LogP contribution in [0.2, 0.25) is 0 Å². The zero-order chi connectivity index (χ0) is 19.2. The molecule has 27 heavy (non-hydrogen) atoms. The van der Waals surface area contributed by atoms with Crippen LogP contribution in [0.3, 0.4) is 0 Å². The summed E-state index contributed by atoms with van der Waals surface area (Å²) in [6, 6.07) is 16.3. The molecule has 0 atom stereocenters. The van der Waals surface area contributed by atoms with Crippen molar-refractivity contribution in [3.05, 3.63) is 71.5 Å². The molecule has 3 rings (SSSR count). The maximum absolute atomic E-state index is 12.4. The molecule has 1 heterocycles. The van der Waals surface area contributed by atoms with Crippen molar-refractivity contribution in [1.82, 2.24) is 5.16 Å². The molecule has 1 aromatic heterocycles. The number of para-hydroxylation sites is 1. The van der Waals surface area contributed by atoms with E-state index in [1.807, 2.05) is 37.3 Å². The number of ether oxygens (including phenoxy) is 1. The molecular formula is C20H19N3O4. The SMILES string of the molecule is Cc1ccc(Nc2ccccc2C(=O)OCC(=O)Nc2cc(C)on2)cc1. The van der Waals surface area contributed by atoms with Gasteiger partial charge in [0.1, 0.15) is 5.76 Å². The second-order valence-electron chi connectivity index (χ2n) is 5.98. The highest BCUT2D eigenvalue weighted by molar-refractivity contribution is 5.98. The van der Waals surface area contributed by atoms with Crippen LogP contribution in [0.1, 0.15) is 21.7 Å². The Morgan fingerprint density at radius 2 is 1.81 bits per heavy atom. The lowest BCUT2D eigenvalue weighted by atomic mass is 10.1. The molecule has 0 saturated heterocycles. The molecule has 0 aliphatic carbocycles. The van der Waals surface area contributed by atoms with Gasteiger partial charge in [-0.15, -0.1) is 0 Å². The predicted octanol–water partition coefficient (Wildman–Crippen LogP) is 3.83. The Morgan fingerprint density at radius 3 is 2.52 bits per heavy atom. The maximum atomic E-state index is 12.4. The standard InChI is InChI=1S/C20H19N3O4/c1-13-7-9-15(10-8-13)21-17-6-4-3-5-16(17)20(25)26-12-19(24)22-18-11-14(2)27-23-18/h3-11,21H,12H2,1-2H3,(H,22,23,24). The lowest BCUT2D eigenvalue weighted by molar-refractivity contribution is -0.119. The van der Waals surface area contributed by atoms with Crippen molar-refractivity contribution < 1.29 is 18.8 Å². The van der Waals surface area contributed by atoms with Crippen LogP contribution >= 0.6 is 0 Å². The number of nitrogens with zero attached hydrogens (tertiary/aromatic N) is 1. The normalized spacial score (nSPS) is 10.3. The summed E-state index contributed by atoms with van der Waals surface area (Å²) in [4.78, 5) is 24.3. The molecule has 1 amide bonds. The summed E-state index contributed by atoms with van der Waals surface area (Å²) in [5.74, 6) is -0.259. The molecule has 7 nitrogen and oxygen atoms in total. The minimum Gasteiger partial charge on any atom is -0.452 e. The summed E-state index contributed by atoms with van der Waals surface area (Å²) < 4.78 is 9.98. The van der Waals surface area contributed by atoms with E-state index in [1.165, 1.54) is 0 Å². The Bertz CT molecular complexity index is 948. The summed E-state index contributed by atoms with van der Waals surface area (Å²) >= 11 is 0. The van der Waals surface area contributed by atoms with Crippen LogP contribution in [0.4, 0.5) is 17.2 Å². The van der Waals surface area contributed by atoms with Gasteiger partial charge in [-0.05, 0) is 38.1 Å². The van der Waals surface area contributed by atoms with Gasteiger partial charge in [0, 0.05) is 11.8 Å². The number of aryl methyl sites for hydroxylation is 2. The first kappa shape index (κ1) is 18.2. The highest BCUT2D eigenvalue weighted by Crippen LogP contribution is 2.22. The lowest BCUT2D eigenvalue weighted by Gasteiger charge is -2.12. The fraction of sp³-hybridized carbons (Fsp3) is 0.150. The number of aromatic nitrogens is 1. The first-order valence-electron chi connectivity index (χ1n) is 8.34. The second-order valence-corrected chi connectivity index (χ2v) is 5.98. The molecule has 2 N–H and O–H groups in total. The number of esters is 1. The van der Waals surface area contributed by atoms with Crippen molar-refractivity contribution in [2.75, 3.05) is 17.2 Å². The van der Waals surface area contributed by atoms with E-state index >= 15 is 0 Å². The Kier molecular flexibility index (Phi) is 5.51. The summed E-state index contributed by atoms with van der Waals surface area (Å²) in [5.41, 5.74) is 2.92. The second kappa shape index (κ2) is 8.18. The lowest BCUT2D eigenvalue weighted by Crippen LogP contribution is -2.21. The summed E-state index contributed by atoms with van der Waals surface area (Å²) in [6.07, 6.45) is 0. The van der Waals surface area contributed by atoms with E-state index in [1.54, 1.807) is 31.2 Å². The van der Waals surface area contributed by atoms with E-state index in [2.05, 4.69) is 15.8 Å². The van der Waals surface area contributed by atoms with Gasteiger partial charge in [-0.1, -0.05) is 35.0 Å². The summed E-state index contributed by atoms with van der Waals surface area (Å²) in [7, 11) is 0. The molecule has 0 fully saturated rings. The van der Waals surface area contributed by atoms with Gasteiger partial charge in [0.05, 0.1) is 11.3 Å². The summed E-state index contributed by atoms with van der Waals surface area (Å²) in [5, 5.41) is 9.33. The van der Waals surface area contributed by atoms with Gasteiger partial charge in [0.25, 0.3) is 5.91 Å². The molecule has 3 aromatic rings. The van der Waals surface area contributed by atoms with Crippen LogP contribution in [0, 0.1) is 13.8 Å². The van der Waals surface area contributed by atoms with Gasteiger partial charge in [-0.2, -0.15) is 0 Å². The molecule has 0 aliphatic heterocycles. The zero-order valence-electron chi connectivity index (χ0n) is 15.0. The fourth-order valence-corrected chi connectivity index (χ4v) is 2.38. The molecular weight excluding hydrogens is 346 g/mol. The molecule has 0 aliphatic rings. The van der Waals surface area contributed by atoms with Crippen molar-refractivity contribution in [3.8, 4) is 0 Å². The average Bonchev–Trinajstić information content (AvgIpc) is 3.07. The van der Waals surface area contributed by atoms with Crippen molar-refractivity contribution in [3.63, 3.8) is 0 Å². The average molecular weight is 365 g/mol. The highest BCUT2D eigenvalue weighted by atomic mass is 16.5. The predicted molar refractivity (Wildman–Crippen MR) is 101 cm³/mol. The van der Waals surface area contributed by atoms with Gasteiger partial charge < -0.3 is 19.9 Å². The van der Waals surface area contributed by atoms with Crippen molar-refractivity contribution in [2.45, 2.75) is 13.8 Å². The third-order valence-electron chi connectivity index (χ3n) is 3.71. The van der Waals surface area contributed by atoms with Crippen LogP contribution in [-0.2, 0) is 9.53 Å². The third-order valence-corrected chi connectivity index (χ3v) is 3.71. The smallest absolute Gasteiger partial charge is 0.340 e. The summed E-state index contributed by atoms with van der Waals surface area (Å²) in [6.45, 7) is 3.28. The number of hydrogen-bond donors (Lipinski definition) is 2. The number of nitrogens with one attached hydrogen (secondary N) is 2. The Labute approximate surface area is 156 Å². The first-order chi connectivity index (χ1) is 13.0. The Balaban J connectivity index is 1.62. The Morgan fingerprint density at radius 1 is 1.07 bits per heavy atom. The van der Waals surface area contributed by atoms with Crippen molar-refractivity contribution in [2.24, 2.45) is 0 Å². The molecule has 0 bridgehead atoms. The Hall–Kier alpha value is -3.61. The maximum Gasteiger partial charge on any atom is 0.340 e. The topological polar surface area (TPSA) is 93.5 Å². The zero-order valence-corrected chi connectivity index (χ0v) is 15.0. The van der Waals surface area contributed by atoms with Crippen LogP contribution in [0.25, 0.3) is 0 Å².